The average Bonchev–Trinajstić information content (AvgIpc) is 2.26. The van der Waals surface area contributed by atoms with E-state index in [1.54, 1.807) is 0 Å². The summed E-state index contributed by atoms with van der Waals surface area (Å²) in [4.78, 5) is 0. The van der Waals surface area contributed by atoms with Crippen LogP contribution in [-0.2, 0) is 0 Å². The molecule has 1 rings (SSSR count). The zero-order valence-electron chi connectivity index (χ0n) is 9.14. The number of nitriles is 1. The normalized spacial score (nSPS) is 12.1. The van der Waals surface area contributed by atoms with Crippen molar-refractivity contribution in [3.63, 3.8) is 0 Å². The van der Waals surface area contributed by atoms with Gasteiger partial charge in [-0.15, -0.1) is 0 Å². The van der Waals surface area contributed by atoms with Gasteiger partial charge in [-0.2, -0.15) is 5.26 Å². The maximum Gasteiger partial charge on any atom is 0.0725 e. The molecule has 0 atom stereocenters. The monoisotopic (exact) mass is 197 g/mol. The molecule has 0 heterocycles. The topological polar surface area (TPSA) is 23.8 Å². The number of nitrogens with zero attached hydrogens (tertiary/aromatic N) is 1. The molecule has 0 radical (unpaired) electrons. The molecule has 0 aliphatic heterocycles. The third-order valence-corrected chi connectivity index (χ3v) is 2.00. The molecule has 76 valence electrons. The average molecular weight is 197 g/mol. The van der Waals surface area contributed by atoms with Crippen molar-refractivity contribution in [3.8, 4) is 6.07 Å². The molecular weight excluding hydrogens is 182 g/mol. The van der Waals surface area contributed by atoms with Crippen LogP contribution in [0.15, 0.2) is 48.6 Å². The van der Waals surface area contributed by atoms with Crippen LogP contribution in [0.5, 0.6) is 0 Å². The molecule has 0 aliphatic carbocycles. The molecule has 1 nitrogen and oxygen atoms in total. The molecule has 15 heavy (non-hydrogen) atoms. The van der Waals surface area contributed by atoms with Gasteiger partial charge in [0.15, 0.2) is 0 Å². The zero-order valence-corrected chi connectivity index (χ0v) is 9.14. The molecule has 0 aromatic heterocycles. The molecule has 0 saturated heterocycles. The lowest BCUT2D eigenvalue weighted by atomic mass is 9.95. The number of hydrogen-bond acceptors (Lipinski definition) is 1. The van der Waals surface area contributed by atoms with E-state index in [0.29, 0.717) is 0 Å². The van der Waals surface area contributed by atoms with Crippen molar-refractivity contribution in [2.24, 2.45) is 5.41 Å². The molecule has 0 amide bonds. The Hall–Kier alpha value is -1.81. The lowest BCUT2D eigenvalue weighted by molar-refractivity contribution is 0.644. The molecule has 0 unspecified atom stereocenters. The Kier molecular flexibility index (Phi) is 3.88. The Labute approximate surface area is 91.4 Å². The van der Waals surface area contributed by atoms with Gasteiger partial charge in [-0.25, -0.2) is 0 Å². The number of rotatable bonds is 3. The second kappa shape index (κ2) is 5.17. The quantitative estimate of drug-likeness (QED) is 0.676. The summed E-state index contributed by atoms with van der Waals surface area (Å²) in [5, 5.41) is 8.79. The summed E-state index contributed by atoms with van der Waals surface area (Å²) in [7, 11) is 0. The molecule has 1 aromatic carbocycles. The van der Waals surface area contributed by atoms with Crippen LogP contribution in [0.2, 0.25) is 0 Å². The lowest BCUT2D eigenvalue weighted by Crippen LogP contribution is -2.01. The minimum absolute atomic E-state index is 0.388. The van der Waals surface area contributed by atoms with Gasteiger partial charge in [-0.05, 0) is 19.4 Å². The van der Waals surface area contributed by atoms with Crippen LogP contribution in [0.3, 0.4) is 0 Å². The first-order valence-electron chi connectivity index (χ1n) is 4.96. The second-order valence-corrected chi connectivity index (χ2v) is 3.96. The van der Waals surface area contributed by atoms with Crippen LogP contribution in [0, 0.1) is 16.7 Å². The number of allylic oxidation sites excluding steroid dienone is 3. The third-order valence-electron chi connectivity index (χ3n) is 2.00. The Morgan fingerprint density at radius 2 is 1.80 bits per heavy atom. The van der Waals surface area contributed by atoms with E-state index in [1.165, 1.54) is 0 Å². The summed E-state index contributed by atoms with van der Waals surface area (Å²) in [6, 6.07) is 12.3. The summed E-state index contributed by atoms with van der Waals surface area (Å²) in [5.74, 6) is 0. The van der Waals surface area contributed by atoms with E-state index in [2.05, 4.69) is 6.07 Å². The zero-order chi connectivity index (χ0) is 11.1. The molecule has 1 heteroatoms. The Morgan fingerprint density at radius 3 is 2.40 bits per heavy atom. The molecule has 0 aliphatic rings. The van der Waals surface area contributed by atoms with E-state index in [1.807, 2.05) is 68.5 Å². The smallest absolute Gasteiger partial charge is 0.0725 e. The van der Waals surface area contributed by atoms with Crippen molar-refractivity contribution < 1.29 is 0 Å². The fourth-order valence-electron chi connectivity index (χ4n) is 1.06. The van der Waals surface area contributed by atoms with Gasteiger partial charge in [0.05, 0.1) is 11.5 Å². The van der Waals surface area contributed by atoms with Crippen molar-refractivity contribution in [3.05, 3.63) is 54.1 Å². The van der Waals surface area contributed by atoms with Gasteiger partial charge in [-0.1, -0.05) is 54.6 Å². The van der Waals surface area contributed by atoms with Crippen LogP contribution < -0.4 is 0 Å². The van der Waals surface area contributed by atoms with E-state index < -0.39 is 0 Å². The van der Waals surface area contributed by atoms with Crippen molar-refractivity contribution in [2.75, 3.05) is 0 Å². The summed E-state index contributed by atoms with van der Waals surface area (Å²) < 4.78 is 0. The predicted molar refractivity (Wildman–Crippen MR) is 64.0 cm³/mol. The van der Waals surface area contributed by atoms with Gasteiger partial charge in [0.25, 0.3) is 0 Å². The molecular formula is C14H15N. The lowest BCUT2D eigenvalue weighted by Gasteiger charge is -2.05. The third kappa shape index (κ3) is 4.28. The van der Waals surface area contributed by atoms with Crippen LogP contribution in [-0.4, -0.2) is 0 Å². The predicted octanol–water partition coefficient (Wildman–Crippen LogP) is 3.81. The summed E-state index contributed by atoms with van der Waals surface area (Å²) in [6.07, 6.45) is 7.78. The molecule has 0 N–H and O–H groups in total. The maximum atomic E-state index is 8.79. The van der Waals surface area contributed by atoms with Gasteiger partial charge in [-0.3, -0.25) is 0 Å². The fraction of sp³-hybridized carbons (Fsp3) is 0.214. The van der Waals surface area contributed by atoms with Crippen molar-refractivity contribution in [2.45, 2.75) is 13.8 Å². The Bertz CT molecular complexity index is 391. The van der Waals surface area contributed by atoms with E-state index in [0.717, 1.165) is 5.56 Å². The molecule has 0 saturated carbocycles. The van der Waals surface area contributed by atoms with Gasteiger partial charge >= 0.3 is 0 Å². The molecule has 1 aromatic rings. The van der Waals surface area contributed by atoms with E-state index in [9.17, 15) is 0 Å². The van der Waals surface area contributed by atoms with E-state index in [-0.39, 0.29) is 5.41 Å². The maximum absolute atomic E-state index is 8.79. The van der Waals surface area contributed by atoms with Crippen LogP contribution in [0.1, 0.15) is 19.4 Å². The molecule has 0 spiro atoms. The standard InChI is InChI=1S/C14H15N/c1-14(2,12-15)11-7-6-10-13-8-4-3-5-9-13/h3-11H,1-2H3/b10-6+,11-7+. The van der Waals surface area contributed by atoms with Crippen molar-refractivity contribution in [1.82, 2.24) is 0 Å². The Morgan fingerprint density at radius 1 is 1.13 bits per heavy atom. The minimum Gasteiger partial charge on any atom is -0.197 e. The van der Waals surface area contributed by atoms with Gasteiger partial charge in [0.1, 0.15) is 0 Å². The first-order valence-corrected chi connectivity index (χ1v) is 4.96. The largest absolute Gasteiger partial charge is 0.197 e. The first-order chi connectivity index (χ1) is 7.14. The van der Waals surface area contributed by atoms with Crippen LogP contribution in [0.25, 0.3) is 6.08 Å². The number of benzene rings is 1. The van der Waals surface area contributed by atoms with Crippen LogP contribution in [0.4, 0.5) is 0 Å². The van der Waals surface area contributed by atoms with Crippen molar-refractivity contribution in [1.29, 1.82) is 5.26 Å². The van der Waals surface area contributed by atoms with Crippen molar-refractivity contribution >= 4 is 6.08 Å². The minimum atomic E-state index is -0.388. The van der Waals surface area contributed by atoms with E-state index in [4.69, 9.17) is 5.26 Å². The van der Waals surface area contributed by atoms with Crippen LogP contribution >= 0.6 is 0 Å². The summed E-state index contributed by atoms with van der Waals surface area (Å²) in [6.45, 7) is 3.78. The Balaban J connectivity index is 2.59. The van der Waals surface area contributed by atoms with Gasteiger partial charge in [0.2, 0.25) is 0 Å². The highest BCUT2D eigenvalue weighted by Gasteiger charge is 2.09. The summed E-state index contributed by atoms with van der Waals surface area (Å²) >= 11 is 0. The van der Waals surface area contributed by atoms with Gasteiger partial charge in [0, 0.05) is 0 Å². The highest BCUT2D eigenvalue weighted by molar-refractivity contribution is 5.50. The highest BCUT2D eigenvalue weighted by Crippen LogP contribution is 2.14. The second-order valence-electron chi connectivity index (χ2n) is 3.96. The highest BCUT2D eigenvalue weighted by atomic mass is 14.3. The molecule has 0 bridgehead atoms. The van der Waals surface area contributed by atoms with E-state index >= 15 is 0 Å². The first kappa shape index (κ1) is 11.3. The van der Waals surface area contributed by atoms with Gasteiger partial charge < -0.3 is 0 Å². The summed E-state index contributed by atoms with van der Waals surface area (Å²) in [5.41, 5.74) is 0.776. The SMILES string of the molecule is CC(C)(C#N)/C=C/C=C/c1ccccc1. The number of hydrogen-bond donors (Lipinski definition) is 0. The fourth-order valence-corrected chi connectivity index (χ4v) is 1.06. The molecule has 0 fully saturated rings.